The van der Waals surface area contributed by atoms with Gasteiger partial charge in [-0.3, -0.25) is 0 Å². The number of rotatable bonds is 4. The summed E-state index contributed by atoms with van der Waals surface area (Å²) in [7, 11) is 0. The van der Waals surface area contributed by atoms with Gasteiger partial charge in [-0.05, 0) is 32.9 Å². The number of carbonyl (C=O) groups is 1. The third-order valence-electron chi connectivity index (χ3n) is 2.91. The Labute approximate surface area is 104 Å². The van der Waals surface area contributed by atoms with Crippen LogP contribution in [0.4, 0.5) is 15.8 Å². The number of halogens is 1. The highest BCUT2D eigenvalue weighted by Gasteiger charge is 2.27. The predicted molar refractivity (Wildman–Crippen MR) is 67.2 cm³/mol. The number of carboxylic acid groups (broad SMARTS) is 1. The highest BCUT2D eigenvalue weighted by Crippen LogP contribution is 2.28. The van der Waals surface area contributed by atoms with E-state index in [2.05, 4.69) is 5.32 Å². The Morgan fingerprint density at radius 3 is 2.50 bits per heavy atom. The largest absolute Gasteiger partial charge is 0.478 e. The van der Waals surface area contributed by atoms with Gasteiger partial charge in [0.15, 0.2) is 0 Å². The van der Waals surface area contributed by atoms with E-state index in [1.165, 1.54) is 6.07 Å². The van der Waals surface area contributed by atoms with Gasteiger partial charge in [0.1, 0.15) is 11.4 Å². The molecule has 0 spiro atoms. The highest BCUT2D eigenvalue weighted by atomic mass is 19.1. The number of aliphatic hydroxyl groups is 1. The van der Waals surface area contributed by atoms with Crippen LogP contribution >= 0.6 is 0 Å². The first-order chi connectivity index (χ1) is 8.16. The zero-order valence-electron chi connectivity index (χ0n) is 10.5. The van der Waals surface area contributed by atoms with E-state index >= 15 is 0 Å². The van der Waals surface area contributed by atoms with Crippen molar-refractivity contribution in [2.75, 3.05) is 11.1 Å². The van der Waals surface area contributed by atoms with E-state index in [1.807, 2.05) is 0 Å². The SMILES string of the molecule is CC(O)C(C)(C)Nc1ccc(F)c(N)c1C(=O)O. The molecule has 0 aliphatic rings. The monoisotopic (exact) mass is 256 g/mol. The molecule has 0 fully saturated rings. The van der Waals surface area contributed by atoms with Gasteiger partial charge < -0.3 is 21.3 Å². The number of nitrogens with one attached hydrogen (secondary N) is 1. The molecular weight excluding hydrogens is 239 g/mol. The first kappa shape index (κ1) is 14.2. The van der Waals surface area contributed by atoms with E-state index in [1.54, 1.807) is 20.8 Å². The molecule has 6 heteroatoms. The van der Waals surface area contributed by atoms with Crippen molar-refractivity contribution >= 4 is 17.3 Å². The van der Waals surface area contributed by atoms with E-state index in [4.69, 9.17) is 10.8 Å². The summed E-state index contributed by atoms with van der Waals surface area (Å²) in [5, 5.41) is 21.5. The van der Waals surface area contributed by atoms with Crippen LogP contribution in [0.25, 0.3) is 0 Å². The van der Waals surface area contributed by atoms with Gasteiger partial charge in [-0.25, -0.2) is 9.18 Å². The number of benzene rings is 1. The second-order valence-corrected chi connectivity index (χ2v) is 4.71. The molecule has 0 heterocycles. The summed E-state index contributed by atoms with van der Waals surface area (Å²) in [5.41, 5.74) is 4.07. The van der Waals surface area contributed by atoms with Gasteiger partial charge in [-0.2, -0.15) is 0 Å². The second-order valence-electron chi connectivity index (χ2n) is 4.71. The third-order valence-corrected chi connectivity index (χ3v) is 2.91. The minimum Gasteiger partial charge on any atom is -0.478 e. The van der Waals surface area contributed by atoms with E-state index in [-0.39, 0.29) is 11.3 Å². The zero-order valence-corrected chi connectivity index (χ0v) is 10.5. The molecule has 0 amide bonds. The van der Waals surface area contributed by atoms with Crippen LogP contribution in [0.3, 0.4) is 0 Å². The molecule has 0 aliphatic carbocycles. The zero-order chi connectivity index (χ0) is 14.1. The van der Waals surface area contributed by atoms with Gasteiger partial charge in [-0.15, -0.1) is 0 Å². The third kappa shape index (κ3) is 2.70. The number of aromatic carboxylic acids is 1. The molecule has 0 saturated carbocycles. The van der Waals surface area contributed by atoms with Crippen molar-refractivity contribution in [2.45, 2.75) is 32.4 Å². The Bertz CT molecular complexity index is 473. The van der Waals surface area contributed by atoms with Gasteiger partial charge in [0, 0.05) is 0 Å². The van der Waals surface area contributed by atoms with Crippen molar-refractivity contribution in [3.05, 3.63) is 23.5 Å². The standard InChI is InChI=1S/C12H17FN2O3/c1-6(16)12(2,3)15-8-5-4-7(13)10(14)9(8)11(17)18/h4-6,15-16H,14H2,1-3H3,(H,17,18). The first-order valence-electron chi connectivity index (χ1n) is 5.44. The molecule has 0 radical (unpaired) electrons. The van der Waals surface area contributed by atoms with Crippen molar-refractivity contribution in [2.24, 2.45) is 0 Å². The summed E-state index contributed by atoms with van der Waals surface area (Å²) in [4.78, 5) is 11.1. The summed E-state index contributed by atoms with van der Waals surface area (Å²) >= 11 is 0. The van der Waals surface area contributed by atoms with Gasteiger partial charge in [0.25, 0.3) is 0 Å². The number of nitrogens with two attached hydrogens (primary N) is 1. The molecule has 0 saturated heterocycles. The maximum absolute atomic E-state index is 13.2. The molecule has 0 aliphatic heterocycles. The van der Waals surface area contributed by atoms with Gasteiger partial charge in [0.05, 0.1) is 23.0 Å². The smallest absolute Gasteiger partial charge is 0.340 e. The van der Waals surface area contributed by atoms with E-state index in [0.29, 0.717) is 0 Å². The van der Waals surface area contributed by atoms with Crippen molar-refractivity contribution < 1.29 is 19.4 Å². The van der Waals surface area contributed by atoms with Crippen LogP contribution in [-0.4, -0.2) is 27.8 Å². The lowest BCUT2D eigenvalue weighted by Gasteiger charge is -2.31. The number of carboxylic acids is 1. The molecule has 0 aromatic heterocycles. The predicted octanol–water partition coefficient (Wildman–Crippen LogP) is 1.68. The molecule has 1 rings (SSSR count). The molecule has 100 valence electrons. The van der Waals surface area contributed by atoms with Crippen LogP contribution in [0.1, 0.15) is 31.1 Å². The fourth-order valence-corrected chi connectivity index (χ4v) is 1.38. The van der Waals surface area contributed by atoms with E-state index in [0.717, 1.165) is 6.07 Å². The number of nitrogen functional groups attached to an aromatic ring is 1. The number of aliphatic hydroxyl groups excluding tert-OH is 1. The molecular formula is C12H17FN2O3. The Kier molecular flexibility index (Phi) is 3.81. The van der Waals surface area contributed by atoms with Gasteiger partial charge >= 0.3 is 5.97 Å². The van der Waals surface area contributed by atoms with Gasteiger partial charge in [0.2, 0.25) is 0 Å². The normalized spacial score (nSPS) is 13.2. The molecule has 5 N–H and O–H groups in total. The maximum atomic E-state index is 13.2. The summed E-state index contributed by atoms with van der Waals surface area (Å²) in [6, 6.07) is 2.38. The first-order valence-corrected chi connectivity index (χ1v) is 5.44. The lowest BCUT2D eigenvalue weighted by molar-refractivity contribution is 0.0698. The Hall–Kier alpha value is -1.82. The Balaban J connectivity index is 3.26. The lowest BCUT2D eigenvalue weighted by atomic mass is 9.97. The molecule has 1 aromatic carbocycles. The van der Waals surface area contributed by atoms with Crippen molar-refractivity contribution in [3.63, 3.8) is 0 Å². The quantitative estimate of drug-likeness (QED) is 0.615. The second kappa shape index (κ2) is 4.81. The molecule has 1 atom stereocenters. The van der Waals surface area contributed by atoms with Crippen molar-refractivity contribution in [3.8, 4) is 0 Å². The Morgan fingerprint density at radius 2 is 2.06 bits per heavy atom. The molecule has 1 aromatic rings. The summed E-state index contributed by atoms with van der Waals surface area (Å²) in [6.45, 7) is 4.96. The number of anilines is 2. The lowest BCUT2D eigenvalue weighted by Crippen LogP contribution is -2.42. The van der Waals surface area contributed by atoms with E-state index in [9.17, 15) is 14.3 Å². The van der Waals surface area contributed by atoms with E-state index < -0.39 is 29.1 Å². The van der Waals surface area contributed by atoms with Crippen LogP contribution in [0.15, 0.2) is 12.1 Å². The highest BCUT2D eigenvalue weighted by molar-refractivity contribution is 6.00. The van der Waals surface area contributed by atoms with Crippen LogP contribution < -0.4 is 11.1 Å². The number of hydrogen-bond acceptors (Lipinski definition) is 4. The fourth-order valence-electron chi connectivity index (χ4n) is 1.38. The minimum atomic E-state index is -1.32. The average Bonchev–Trinajstić information content (AvgIpc) is 2.22. The van der Waals surface area contributed by atoms with Crippen LogP contribution in [0, 0.1) is 5.82 Å². The molecule has 1 unspecified atom stereocenters. The minimum absolute atomic E-state index is 0.173. The Morgan fingerprint density at radius 1 is 1.50 bits per heavy atom. The summed E-state index contributed by atoms with van der Waals surface area (Å²) in [6.07, 6.45) is -0.731. The summed E-state index contributed by atoms with van der Waals surface area (Å²) < 4.78 is 13.2. The van der Waals surface area contributed by atoms with Crippen molar-refractivity contribution in [1.29, 1.82) is 0 Å². The van der Waals surface area contributed by atoms with Crippen LogP contribution in [0.5, 0.6) is 0 Å². The van der Waals surface area contributed by atoms with Crippen LogP contribution in [0.2, 0.25) is 0 Å². The topological polar surface area (TPSA) is 95.6 Å². The fraction of sp³-hybridized carbons (Fsp3) is 0.417. The average molecular weight is 256 g/mol. The maximum Gasteiger partial charge on any atom is 0.340 e. The van der Waals surface area contributed by atoms with Gasteiger partial charge in [-0.1, -0.05) is 0 Å². The molecule has 5 nitrogen and oxygen atoms in total. The molecule has 0 bridgehead atoms. The molecule has 18 heavy (non-hydrogen) atoms. The van der Waals surface area contributed by atoms with Crippen LogP contribution in [-0.2, 0) is 0 Å². The number of hydrogen-bond donors (Lipinski definition) is 4. The summed E-state index contributed by atoms with van der Waals surface area (Å²) in [5.74, 6) is -2.11. The van der Waals surface area contributed by atoms with Crippen molar-refractivity contribution in [1.82, 2.24) is 0 Å².